The maximum Gasteiger partial charge on any atom is 0.275 e. The van der Waals surface area contributed by atoms with Gasteiger partial charge in [0.05, 0.1) is 5.52 Å². The monoisotopic (exact) mass is 290 g/mol. The summed E-state index contributed by atoms with van der Waals surface area (Å²) in [6.45, 7) is 5.03. The van der Waals surface area contributed by atoms with Crippen LogP contribution in [0.4, 0.5) is 5.69 Å². The molecule has 1 aliphatic heterocycles. The second kappa shape index (κ2) is 5.01. The van der Waals surface area contributed by atoms with Crippen LogP contribution in [0.25, 0.3) is 10.9 Å². The highest BCUT2D eigenvalue weighted by Gasteiger charge is 2.31. The fourth-order valence-corrected chi connectivity index (χ4v) is 3.65. The van der Waals surface area contributed by atoms with Crippen LogP contribution in [0.3, 0.4) is 0 Å². The van der Waals surface area contributed by atoms with E-state index in [0.29, 0.717) is 16.6 Å². The van der Waals surface area contributed by atoms with Crippen LogP contribution in [0, 0.1) is 0 Å². The predicted octanol–water partition coefficient (Wildman–Crippen LogP) is 2.11. The first-order valence-corrected chi connectivity index (χ1v) is 7.79. The van der Waals surface area contributed by atoms with Gasteiger partial charge < -0.3 is 10.6 Å². The highest BCUT2D eigenvalue weighted by Crippen LogP contribution is 2.27. The van der Waals surface area contributed by atoms with Gasteiger partial charge >= 0.3 is 0 Å². The van der Waals surface area contributed by atoms with Crippen LogP contribution in [0.2, 0.25) is 0 Å². The number of rotatable bonds is 1. The first kappa shape index (κ1) is 13.3. The molecule has 2 atom stereocenters. The lowest BCUT2D eigenvalue weighted by Gasteiger charge is -2.37. The van der Waals surface area contributed by atoms with E-state index < -0.39 is 0 Å². The Labute approximate surface area is 121 Å². The molecule has 0 aliphatic carbocycles. The quantitative estimate of drug-likeness (QED) is 0.789. The van der Waals surface area contributed by atoms with Crippen molar-refractivity contribution in [1.29, 1.82) is 0 Å². The number of thioether (sulfide) groups is 1. The first-order valence-electron chi connectivity index (χ1n) is 6.74. The van der Waals surface area contributed by atoms with Gasteiger partial charge in [-0.1, -0.05) is 6.92 Å². The van der Waals surface area contributed by atoms with E-state index in [1.807, 2.05) is 22.7 Å². The molecule has 0 saturated carbocycles. The van der Waals surface area contributed by atoms with Gasteiger partial charge in [-0.15, -0.1) is 0 Å². The van der Waals surface area contributed by atoms with Crippen LogP contribution in [-0.2, 0) is 0 Å². The summed E-state index contributed by atoms with van der Waals surface area (Å²) in [5.74, 6) is 0.961. The largest absolute Gasteiger partial charge is 0.399 e. The standard InChI is InChI=1S/C14H18N4OS/c1-8-9(2)20-6-5-18(8)14(19)13-11-7-10(15)3-4-12(11)16-17-13/h3-4,7-9H,5-6,15H2,1-2H3,(H,16,17). The van der Waals surface area contributed by atoms with Crippen molar-refractivity contribution in [2.75, 3.05) is 18.0 Å². The summed E-state index contributed by atoms with van der Waals surface area (Å²) in [5, 5.41) is 8.34. The molecule has 1 fully saturated rings. The number of benzene rings is 1. The van der Waals surface area contributed by atoms with E-state index in [9.17, 15) is 4.79 Å². The Morgan fingerprint density at radius 2 is 2.30 bits per heavy atom. The maximum atomic E-state index is 12.7. The van der Waals surface area contributed by atoms with Gasteiger partial charge in [0.1, 0.15) is 0 Å². The van der Waals surface area contributed by atoms with Crippen molar-refractivity contribution in [1.82, 2.24) is 15.1 Å². The van der Waals surface area contributed by atoms with E-state index in [-0.39, 0.29) is 11.9 Å². The molecule has 2 heterocycles. The van der Waals surface area contributed by atoms with Gasteiger partial charge in [0.2, 0.25) is 0 Å². The highest BCUT2D eigenvalue weighted by atomic mass is 32.2. The Morgan fingerprint density at radius 1 is 1.50 bits per heavy atom. The third-order valence-corrected chi connectivity index (χ3v) is 5.27. The number of H-pyrrole nitrogens is 1. The molecule has 1 aliphatic rings. The van der Waals surface area contributed by atoms with E-state index in [4.69, 9.17) is 5.73 Å². The number of nitrogens with zero attached hydrogens (tertiary/aromatic N) is 2. The molecule has 0 bridgehead atoms. The molecule has 1 aromatic heterocycles. The zero-order valence-electron chi connectivity index (χ0n) is 11.6. The summed E-state index contributed by atoms with van der Waals surface area (Å²) in [6.07, 6.45) is 0. The van der Waals surface area contributed by atoms with E-state index in [1.54, 1.807) is 12.1 Å². The molecule has 1 aromatic carbocycles. The zero-order valence-corrected chi connectivity index (χ0v) is 12.4. The first-order chi connectivity index (χ1) is 9.58. The number of nitrogens with one attached hydrogen (secondary N) is 1. The van der Waals surface area contributed by atoms with Crippen molar-refractivity contribution in [3.63, 3.8) is 0 Å². The number of hydrogen-bond donors (Lipinski definition) is 2. The molecule has 0 spiro atoms. The molecule has 2 aromatic rings. The van der Waals surface area contributed by atoms with Crippen LogP contribution >= 0.6 is 11.8 Å². The number of fused-ring (bicyclic) bond motifs is 1. The molecule has 1 saturated heterocycles. The third-order valence-electron chi connectivity index (χ3n) is 3.93. The van der Waals surface area contributed by atoms with Gasteiger partial charge in [-0.2, -0.15) is 16.9 Å². The Balaban J connectivity index is 1.98. The molecular weight excluding hydrogens is 272 g/mol. The van der Waals surface area contributed by atoms with Gasteiger partial charge in [0.25, 0.3) is 5.91 Å². The molecule has 6 heteroatoms. The lowest BCUT2D eigenvalue weighted by Crippen LogP contribution is -2.48. The Kier molecular flexibility index (Phi) is 3.33. The van der Waals surface area contributed by atoms with Crippen molar-refractivity contribution in [3.8, 4) is 0 Å². The number of carbonyl (C=O) groups excluding carboxylic acids is 1. The van der Waals surface area contributed by atoms with Gasteiger partial charge in [-0.25, -0.2) is 0 Å². The van der Waals surface area contributed by atoms with E-state index in [2.05, 4.69) is 24.0 Å². The molecular formula is C14H18N4OS. The Hall–Kier alpha value is -1.69. The zero-order chi connectivity index (χ0) is 14.3. The lowest BCUT2D eigenvalue weighted by atomic mass is 10.1. The van der Waals surface area contributed by atoms with Crippen LogP contribution in [0.1, 0.15) is 24.3 Å². The Bertz CT molecular complexity index is 654. The minimum atomic E-state index is -0.0125. The lowest BCUT2D eigenvalue weighted by molar-refractivity contribution is 0.0694. The third kappa shape index (κ3) is 2.14. The van der Waals surface area contributed by atoms with Gasteiger partial charge in [0, 0.05) is 34.7 Å². The van der Waals surface area contributed by atoms with Crippen LogP contribution in [0.5, 0.6) is 0 Å². The van der Waals surface area contributed by atoms with Gasteiger partial charge in [-0.3, -0.25) is 9.89 Å². The van der Waals surface area contributed by atoms with E-state index in [1.165, 1.54) is 0 Å². The van der Waals surface area contributed by atoms with E-state index in [0.717, 1.165) is 23.2 Å². The number of carbonyl (C=O) groups is 1. The number of nitrogen functional groups attached to an aromatic ring is 1. The topological polar surface area (TPSA) is 75.0 Å². The molecule has 106 valence electrons. The summed E-state index contributed by atoms with van der Waals surface area (Å²) < 4.78 is 0. The smallest absolute Gasteiger partial charge is 0.275 e. The second-order valence-electron chi connectivity index (χ2n) is 5.19. The second-order valence-corrected chi connectivity index (χ2v) is 6.68. The molecule has 2 unspecified atom stereocenters. The average Bonchev–Trinajstić information content (AvgIpc) is 2.84. The molecule has 20 heavy (non-hydrogen) atoms. The van der Waals surface area contributed by atoms with Crippen LogP contribution < -0.4 is 5.73 Å². The fraction of sp³-hybridized carbons (Fsp3) is 0.429. The Morgan fingerprint density at radius 3 is 3.10 bits per heavy atom. The maximum absolute atomic E-state index is 12.7. The summed E-state index contributed by atoms with van der Waals surface area (Å²) >= 11 is 1.91. The number of hydrogen-bond acceptors (Lipinski definition) is 4. The SMILES string of the molecule is CC1SCCN(C(=O)c2n[nH]c3ccc(N)cc23)C1C. The number of anilines is 1. The van der Waals surface area contributed by atoms with Crippen LogP contribution in [-0.4, -0.2) is 44.6 Å². The molecule has 3 N–H and O–H groups in total. The van der Waals surface area contributed by atoms with Crippen molar-refractivity contribution in [3.05, 3.63) is 23.9 Å². The number of aromatic nitrogens is 2. The molecule has 3 rings (SSSR count). The summed E-state index contributed by atoms with van der Waals surface area (Å²) in [6, 6.07) is 5.68. The number of aromatic amines is 1. The average molecular weight is 290 g/mol. The summed E-state index contributed by atoms with van der Waals surface area (Å²) in [7, 11) is 0. The van der Waals surface area contributed by atoms with Crippen molar-refractivity contribution >= 4 is 34.3 Å². The van der Waals surface area contributed by atoms with Crippen molar-refractivity contribution in [2.24, 2.45) is 0 Å². The number of amides is 1. The number of nitrogens with two attached hydrogens (primary N) is 1. The van der Waals surface area contributed by atoms with Crippen LogP contribution in [0.15, 0.2) is 18.2 Å². The summed E-state index contributed by atoms with van der Waals surface area (Å²) in [5.41, 5.74) is 7.77. The van der Waals surface area contributed by atoms with Crippen molar-refractivity contribution < 1.29 is 4.79 Å². The molecule has 5 nitrogen and oxygen atoms in total. The fourth-order valence-electron chi connectivity index (χ4n) is 2.55. The summed E-state index contributed by atoms with van der Waals surface area (Å²) in [4.78, 5) is 14.7. The molecule has 0 radical (unpaired) electrons. The van der Waals surface area contributed by atoms with Gasteiger partial charge in [-0.05, 0) is 25.1 Å². The minimum absolute atomic E-state index is 0.0125. The normalized spacial score (nSPS) is 23.2. The van der Waals surface area contributed by atoms with E-state index >= 15 is 0 Å². The predicted molar refractivity (Wildman–Crippen MR) is 82.9 cm³/mol. The molecule has 1 amide bonds. The van der Waals surface area contributed by atoms with Crippen molar-refractivity contribution in [2.45, 2.75) is 25.1 Å². The van der Waals surface area contributed by atoms with Gasteiger partial charge in [0.15, 0.2) is 5.69 Å². The minimum Gasteiger partial charge on any atom is -0.399 e. The highest BCUT2D eigenvalue weighted by molar-refractivity contribution is 8.00.